The monoisotopic (exact) mass is 374 g/mol. The molecule has 8 nitrogen and oxygen atoms in total. The molecule has 2 atom stereocenters. The molecule has 1 aromatic carbocycles. The predicted molar refractivity (Wildman–Crippen MR) is 98.6 cm³/mol. The lowest BCUT2D eigenvalue weighted by Crippen LogP contribution is -2.62. The number of aliphatic imine (C=N–C) groups is 1. The Morgan fingerprint density at radius 2 is 2.15 bits per heavy atom. The molecule has 0 saturated carbocycles. The highest BCUT2D eigenvalue weighted by Gasteiger charge is 2.51. The van der Waals surface area contributed by atoms with Crippen molar-refractivity contribution in [3.05, 3.63) is 41.2 Å². The van der Waals surface area contributed by atoms with Gasteiger partial charge in [-0.25, -0.2) is 9.79 Å². The van der Waals surface area contributed by atoms with E-state index in [9.17, 15) is 9.59 Å². The topological polar surface area (TPSA) is 80.3 Å². The van der Waals surface area contributed by atoms with Crippen LogP contribution in [0.5, 0.6) is 0 Å². The number of allylic oxidation sites excluding steroid dienone is 1. The second-order valence-corrected chi connectivity index (χ2v) is 6.90. The van der Waals surface area contributed by atoms with E-state index in [0.717, 1.165) is 11.4 Å². The summed E-state index contributed by atoms with van der Waals surface area (Å²) in [6.45, 7) is 3.32. The van der Waals surface area contributed by atoms with Crippen LogP contribution in [0, 0.1) is 0 Å². The van der Waals surface area contributed by atoms with Crippen molar-refractivity contribution >= 4 is 35.2 Å². The molecule has 2 N–H and O–H groups in total. The lowest BCUT2D eigenvalue weighted by molar-refractivity contribution is -0.126. The molecule has 2 unspecified atom stereocenters. The number of anilines is 1. The Hall–Kier alpha value is -2.74. The van der Waals surface area contributed by atoms with Crippen LogP contribution in [0.1, 0.15) is 6.92 Å². The molecule has 1 aromatic rings. The standard InChI is InChI=1S/C17H19ClN6O2/c1-10-9-24-13-14(22(2)17(26)21-15(13)25)20-16(24)23(10)7-6-19-12-5-3-4-11(18)8-12/h3-5,8-9,13-14,19H,6-7H2,1-2H3,(H,21,25,26). The Kier molecular flexibility index (Phi) is 3.99. The maximum Gasteiger partial charge on any atom is 0.325 e. The quantitative estimate of drug-likeness (QED) is 0.834. The van der Waals surface area contributed by atoms with Crippen molar-refractivity contribution in [2.45, 2.75) is 19.1 Å². The fourth-order valence-electron chi connectivity index (χ4n) is 3.43. The van der Waals surface area contributed by atoms with Crippen molar-refractivity contribution in [1.82, 2.24) is 20.0 Å². The summed E-state index contributed by atoms with van der Waals surface area (Å²) in [6.07, 6.45) is 1.41. The molecule has 0 spiro atoms. The molecule has 0 aromatic heterocycles. The molecule has 26 heavy (non-hydrogen) atoms. The van der Waals surface area contributed by atoms with Crippen LogP contribution in [0.4, 0.5) is 10.5 Å². The SMILES string of the molecule is CC1=CN2C(=NC3C2C(=O)NC(=O)N3C)N1CCNc1cccc(Cl)c1. The number of carbonyl (C=O) groups is 2. The van der Waals surface area contributed by atoms with Gasteiger partial charge in [0.05, 0.1) is 0 Å². The van der Waals surface area contributed by atoms with Crippen LogP contribution < -0.4 is 10.6 Å². The maximum absolute atomic E-state index is 12.3. The summed E-state index contributed by atoms with van der Waals surface area (Å²) >= 11 is 6.00. The number of hydrogen-bond acceptors (Lipinski definition) is 6. The summed E-state index contributed by atoms with van der Waals surface area (Å²) in [6, 6.07) is 6.61. The van der Waals surface area contributed by atoms with E-state index in [2.05, 4.69) is 15.6 Å². The normalized spacial score (nSPS) is 24.2. The highest BCUT2D eigenvalue weighted by molar-refractivity contribution is 6.30. The van der Waals surface area contributed by atoms with Crippen LogP contribution in [0.15, 0.2) is 41.2 Å². The molecule has 1 fully saturated rings. The van der Waals surface area contributed by atoms with Crippen LogP contribution in [0.25, 0.3) is 0 Å². The van der Waals surface area contributed by atoms with Gasteiger partial charge in [0.25, 0.3) is 5.91 Å². The van der Waals surface area contributed by atoms with Crippen molar-refractivity contribution in [3.8, 4) is 0 Å². The molecule has 0 bridgehead atoms. The molecule has 4 rings (SSSR count). The van der Waals surface area contributed by atoms with Crippen LogP contribution in [-0.4, -0.2) is 64.9 Å². The van der Waals surface area contributed by atoms with E-state index in [1.807, 2.05) is 47.2 Å². The Bertz CT molecular complexity index is 838. The molecule has 3 aliphatic rings. The van der Waals surface area contributed by atoms with Gasteiger partial charge in [-0.3, -0.25) is 10.1 Å². The number of halogens is 1. The van der Waals surface area contributed by atoms with Crippen molar-refractivity contribution in [2.24, 2.45) is 4.99 Å². The number of guanidine groups is 1. The van der Waals surface area contributed by atoms with Crippen molar-refractivity contribution in [2.75, 3.05) is 25.5 Å². The number of imide groups is 1. The van der Waals surface area contributed by atoms with E-state index in [4.69, 9.17) is 11.6 Å². The van der Waals surface area contributed by atoms with Gasteiger partial charge in [-0.05, 0) is 25.1 Å². The Morgan fingerprint density at radius 3 is 2.92 bits per heavy atom. The first kappa shape index (κ1) is 16.7. The fourth-order valence-corrected chi connectivity index (χ4v) is 3.62. The zero-order chi connectivity index (χ0) is 18.4. The van der Waals surface area contributed by atoms with Gasteiger partial charge in [-0.2, -0.15) is 0 Å². The zero-order valence-electron chi connectivity index (χ0n) is 14.4. The Balaban J connectivity index is 1.47. The van der Waals surface area contributed by atoms with Gasteiger partial charge in [0, 0.05) is 42.7 Å². The highest BCUT2D eigenvalue weighted by atomic mass is 35.5. The number of urea groups is 1. The third kappa shape index (κ3) is 2.66. The van der Waals surface area contributed by atoms with E-state index in [-0.39, 0.29) is 5.91 Å². The number of carbonyl (C=O) groups excluding carboxylic acids is 2. The molecular weight excluding hydrogens is 356 g/mol. The molecule has 9 heteroatoms. The van der Waals surface area contributed by atoms with Crippen molar-refractivity contribution < 1.29 is 9.59 Å². The molecule has 0 radical (unpaired) electrons. The number of nitrogens with one attached hydrogen (secondary N) is 2. The van der Waals surface area contributed by atoms with Crippen LogP contribution in [0.3, 0.4) is 0 Å². The average Bonchev–Trinajstić information content (AvgIpc) is 3.09. The van der Waals surface area contributed by atoms with Crippen LogP contribution >= 0.6 is 11.6 Å². The van der Waals surface area contributed by atoms with Gasteiger partial charge in [-0.15, -0.1) is 0 Å². The number of nitrogens with zero attached hydrogens (tertiary/aromatic N) is 4. The molecular formula is C17H19ClN6O2. The molecule has 3 aliphatic heterocycles. The third-order valence-corrected chi connectivity index (χ3v) is 4.99. The van der Waals surface area contributed by atoms with E-state index in [1.165, 1.54) is 4.90 Å². The second-order valence-electron chi connectivity index (χ2n) is 6.46. The number of hydrogen-bond donors (Lipinski definition) is 2. The third-order valence-electron chi connectivity index (χ3n) is 4.76. The Morgan fingerprint density at radius 1 is 1.35 bits per heavy atom. The minimum atomic E-state index is -0.520. The summed E-state index contributed by atoms with van der Waals surface area (Å²) in [5, 5.41) is 6.38. The summed E-state index contributed by atoms with van der Waals surface area (Å²) in [5.74, 6) is 0.377. The van der Waals surface area contributed by atoms with E-state index in [1.54, 1.807) is 7.05 Å². The zero-order valence-corrected chi connectivity index (χ0v) is 15.2. The number of rotatable bonds is 4. The minimum Gasteiger partial charge on any atom is -0.383 e. The van der Waals surface area contributed by atoms with Crippen LogP contribution in [0.2, 0.25) is 5.02 Å². The summed E-state index contributed by atoms with van der Waals surface area (Å²) < 4.78 is 0. The van der Waals surface area contributed by atoms with Crippen molar-refractivity contribution in [1.29, 1.82) is 0 Å². The van der Waals surface area contributed by atoms with Gasteiger partial charge in [-0.1, -0.05) is 17.7 Å². The van der Waals surface area contributed by atoms with E-state index in [0.29, 0.717) is 24.1 Å². The number of amides is 3. The average molecular weight is 375 g/mol. The Labute approximate surface area is 156 Å². The number of fused-ring (bicyclic) bond motifs is 3. The lowest BCUT2D eigenvalue weighted by Gasteiger charge is -2.34. The summed E-state index contributed by atoms with van der Waals surface area (Å²) in [5.41, 5.74) is 1.95. The minimum absolute atomic E-state index is 0.320. The first-order chi connectivity index (χ1) is 12.5. The number of benzene rings is 1. The first-order valence-corrected chi connectivity index (χ1v) is 8.73. The van der Waals surface area contributed by atoms with Gasteiger partial charge in [0.1, 0.15) is 0 Å². The summed E-state index contributed by atoms with van der Waals surface area (Å²) in [4.78, 5) is 34.1. The summed E-state index contributed by atoms with van der Waals surface area (Å²) in [7, 11) is 1.65. The maximum atomic E-state index is 12.3. The van der Waals surface area contributed by atoms with E-state index >= 15 is 0 Å². The van der Waals surface area contributed by atoms with Gasteiger partial charge in [0.15, 0.2) is 12.2 Å². The smallest absolute Gasteiger partial charge is 0.325 e. The molecule has 3 amide bonds. The molecule has 3 heterocycles. The van der Waals surface area contributed by atoms with Crippen molar-refractivity contribution in [3.63, 3.8) is 0 Å². The lowest BCUT2D eigenvalue weighted by atomic mass is 10.1. The fraction of sp³-hybridized carbons (Fsp3) is 0.353. The van der Waals surface area contributed by atoms with Gasteiger partial charge < -0.3 is 20.0 Å². The first-order valence-electron chi connectivity index (χ1n) is 8.35. The van der Waals surface area contributed by atoms with Gasteiger partial charge in [0.2, 0.25) is 5.96 Å². The van der Waals surface area contributed by atoms with E-state index < -0.39 is 18.2 Å². The largest absolute Gasteiger partial charge is 0.383 e. The number of likely N-dealkylation sites (N-methyl/N-ethyl adjacent to an activating group) is 1. The molecule has 1 saturated heterocycles. The molecule has 136 valence electrons. The van der Waals surface area contributed by atoms with Crippen LogP contribution in [-0.2, 0) is 4.79 Å². The second kappa shape index (κ2) is 6.21. The van der Waals surface area contributed by atoms with Gasteiger partial charge >= 0.3 is 6.03 Å². The highest BCUT2D eigenvalue weighted by Crippen LogP contribution is 2.31. The molecule has 0 aliphatic carbocycles. The predicted octanol–water partition coefficient (Wildman–Crippen LogP) is 1.48.